The zero-order valence-corrected chi connectivity index (χ0v) is 14.2. The molecule has 3 nitrogen and oxygen atoms in total. The normalized spacial score (nSPS) is 12.3. The predicted octanol–water partition coefficient (Wildman–Crippen LogP) is 6.55. The molecule has 0 aromatic rings. The second-order valence-electron chi connectivity index (χ2n) is 6.12. The van der Waals surface area contributed by atoms with Gasteiger partial charge in [0, 0.05) is 0 Å². The van der Waals surface area contributed by atoms with E-state index in [4.69, 9.17) is 9.84 Å². The molecule has 0 aliphatic carbocycles. The molecule has 0 aliphatic heterocycles. The van der Waals surface area contributed by atoms with E-state index in [1.807, 2.05) is 0 Å². The van der Waals surface area contributed by atoms with Crippen LogP contribution in [0.5, 0.6) is 0 Å². The fourth-order valence-corrected chi connectivity index (χ4v) is 2.70. The smallest absolute Gasteiger partial charge is 0.450 e. The summed E-state index contributed by atoms with van der Waals surface area (Å²) in [5, 5.41) is 8.72. The molecule has 3 heteroatoms. The average molecular weight is 300 g/mol. The van der Waals surface area contributed by atoms with Crippen molar-refractivity contribution in [2.45, 2.75) is 110 Å². The third-order valence-corrected chi connectivity index (χ3v) is 4.03. The van der Waals surface area contributed by atoms with E-state index < -0.39 is 6.16 Å². The fourth-order valence-electron chi connectivity index (χ4n) is 2.70. The van der Waals surface area contributed by atoms with Crippen LogP contribution in [-0.2, 0) is 4.74 Å². The van der Waals surface area contributed by atoms with Gasteiger partial charge in [-0.15, -0.1) is 0 Å². The largest absolute Gasteiger partial charge is 0.506 e. The van der Waals surface area contributed by atoms with Crippen molar-refractivity contribution in [3.63, 3.8) is 0 Å². The molecule has 0 aliphatic rings. The second kappa shape index (κ2) is 15.7. The first-order valence-electron chi connectivity index (χ1n) is 9.10. The molecule has 0 fully saturated rings. The van der Waals surface area contributed by atoms with Crippen molar-refractivity contribution in [1.82, 2.24) is 0 Å². The fraction of sp³-hybridized carbons (Fsp3) is 0.944. The molecular formula is C18H36O3. The molecule has 1 N–H and O–H groups in total. The third kappa shape index (κ3) is 15.5. The monoisotopic (exact) mass is 300 g/mol. The first-order chi connectivity index (χ1) is 10.2. The Morgan fingerprint density at radius 1 is 0.762 bits per heavy atom. The zero-order chi connectivity index (χ0) is 15.8. The summed E-state index contributed by atoms with van der Waals surface area (Å²) in [6.07, 6.45) is 15.8. The van der Waals surface area contributed by atoms with Gasteiger partial charge in [-0.05, 0) is 19.3 Å². The molecule has 1 atom stereocenters. The van der Waals surface area contributed by atoms with Crippen LogP contribution in [0.15, 0.2) is 0 Å². The number of rotatable bonds is 15. The molecule has 0 saturated heterocycles. The third-order valence-electron chi connectivity index (χ3n) is 4.03. The molecule has 0 radical (unpaired) electrons. The molecule has 0 rings (SSSR count). The van der Waals surface area contributed by atoms with Gasteiger partial charge < -0.3 is 9.84 Å². The van der Waals surface area contributed by atoms with Crippen molar-refractivity contribution in [3.05, 3.63) is 0 Å². The lowest BCUT2D eigenvalue weighted by Crippen LogP contribution is -2.16. The van der Waals surface area contributed by atoms with E-state index in [0.29, 0.717) is 0 Å². The maximum atomic E-state index is 10.6. The topological polar surface area (TPSA) is 46.5 Å². The van der Waals surface area contributed by atoms with Crippen molar-refractivity contribution >= 4 is 6.16 Å². The van der Waals surface area contributed by atoms with Gasteiger partial charge in [-0.25, -0.2) is 4.79 Å². The standard InChI is InChI=1S/C18H36O3/c1-3-5-7-8-9-10-11-12-13-14-16-17(15-6-4-2)21-18(19)20/h17H,3-16H2,1-2H3,(H,19,20). The van der Waals surface area contributed by atoms with Gasteiger partial charge in [-0.2, -0.15) is 0 Å². The Bertz CT molecular complexity index is 229. The Labute approximate surface area is 131 Å². The summed E-state index contributed by atoms with van der Waals surface area (Å²) in [5.41, 5.74) is 0. The Morgan fingerprint density at radius 2 is 1.19 bits per heavy atom. The SMILES string of the molecule is CCCCCCCCCCCCC(CCCC)OC(=O)O. The molecule has 0 bridgehead atoms. The van der Waals surface area contributed by atoms with Crippen LogP contribution < -0.4 is 0 Å². The van der Waals surface area contributed by atoms with Crippen LogP contribution in [0.25, 0.3) is 0 Å². The maximum absolute atomic E-state index is 10.6. The highest BCUT2D eigenvalue weighted by Crippen LogP contribution is 2.16. The minimum Gasteiger partial charge on any atom is -0.450 e. The summed E-state index contributed by atoms with van der Waals surface area (Å²) in [6.45, 7) is 4.38. The van der Waals surface area contributed by atoms with E-state index in [1.54, 1.807) is 0 Å². The van der Waals surface area contributed by atoms with Crippen molar-refractivity contribution in [1.29, 1.82) is 0 Å². The van der Waals surface area contributed by atoms with Crippen molar-refractivity contribution < 1.29 is 14.6 Å². The van der Waals surface area contributed by atoms with Crippen LogP contribution in [0.1, 0.15) is 104 Å². The van der Waals surface area contributed by atoms with Crippen molar-refractivity contribution in [3.8, 4) is 0 Å². The zero-order valence-electron chi connectivity index (χ0n) is 14.2. The van der Waals surface area contributed by atoms with E-state index in [9.17, 15) is 4.79 Å². The Morgan fingerprint density at radius 3 is 1.67 bits per heavy atom. The van der Waals surface area contributed by atoms with E-state index >= 15 is 0 Å². The second-order valence-corrected chi connectivity index (χ2v) is 6.12. The predicted molar refractivity (Wildman–Crippen MR) is 88.9 cm³/mol. The summed E-state index contributed by atoms with van der Waals surface area (Å²) < 4.78 is 4.95. The van der Waals surface area contributed by atoms with Crippen LogP contribution in [0.4, 0.5) is 4.79 Å². The summed E-state index contributed by atoms with van der Waals surface area (Å²) >= 11 is 0. The molecule has 0 heterocycles. The summed E-state index contributed by atoms with van der Waals surface area (Å²) in [5.74, 6) is 0. The summed E-state index contributed by atoms with van der Waals surface area (Å²) in [4.78, 5) is 10.6. The molecule has 0 amide bonds. The highest BCUT2D eigenvalue weighted by Gasteiger charge is 2.12. The molecule has 0 saturated carbocycles. The van der Waals surface area contributed by atoms with Crippen LogP contribution in [0, 0.1) is 0 Å². The average Bonchev–Trinajstić information content (AvgIpc) is 2.46. The Kier molecular flexibility index (Phi) is 15.1. The van der Waals surface area contributed by atoms with Gasteiger partial charge >= 0.3 is 6.16 Å². The lowest BCUT2D eigenvalue weighted by Gasteiger charge is -2.15. The highest BCUT2D eigenvalue weighted by atomic mass is 16.7. The van der Waals surface area contributed by atoms with Gasteiger partial charge in [-0.1, -0.05) is 84.5 Å². The van der Waals surface area contributed by atoms with Crippen molar-refractivity contribution in [2.24, 2.45) is 0 Å². The summed E-state index contributed by atoms with van der Waals surface area (Å²) in [6, 6.07) is 0. The number of ether oxygens (including phenoxy) is 1. The van der Waals surface area contributed by atoms with Crippen LogP contribution >= 0.6 is 0 Å². The first-order valence-corrected chi connectivity index (χ1v) is 9.10. The molecule has 0 spiro atoms. The molecule has 0 aromatic carbocycles. The van der Waals surface area contributed by atoms with Crippen LogP contribution in [-0.4, -0.2) is 17.4 Å². The molecule has 0 aromatic heterocycles. The van der Waals surface area contributed by atoms with Gasteiger partial charge in [0.05, 0.1) is 0 Å². The van der Waals surface area contributed by atoms with Gasteiger partial charge in [0.15, 0.2) is 0 Å². The quantitative estimate of drug-likeness (QED) is 0.275. The first kappa shape index (κ1) is 20.3. The number of carboxylic acid groups (broad SMARTS) is 1. The number of carbonyl (C=O) groups is 1. The van der Waals surface area contributed by atoms with Gasteiger partial charge in [0.1, 0.15) is 6.10 Å². The number of unbranched alkanes of at least 4 members (excludes halogenated alkanes) is 10. The number of hydrogen-bond donors (Lipinski definition) is 1. The van der Waals surface area contributed by atoms with E-state index in [-0.39, 0.29) is 6.10 Å². The molecular weight excluding hydrogens is 264 g/mol. The summed E-state index contributed by atoms with van der Waals surface area (Å²) in [7, 11) is 0. The van der Waals surface area contributed by atoms with Gasteiger partial charge in [0.2, 0.25) is 0 Å². The Hall–Kier alpha value is -0.730. The van der Waals surface area contributed by atoms with Gasteiger partial charge in [0.25, 0.3) is 0 Å². The lowest BCUT2D eigenvalue weighted by atomic mass is 10.0. The van der Waals surface area contributed by atoms with E-state index in [1.165, 1.54) is 57.8 Å². The van der Waals surface area contributed by atoms with Gasteiger partial charge in [-0.3, -0.25) is 0 Å². The molecule has 1 unspecified atom stereocenters. The minimum atomic E-state index is -1.12. The lowest BCUT2D eigenvalue weighted by molar-refractivity contribution is 0.0424. The number of hydrogen-bond acceptors (Lipinski definition) is 2. The van der Waals surface area contributed by atoms with Crippen molar-refractivity contribution in [2.75, 3.05) is 0 Å². The van der Waals surface area contributed by atoms with E-state index in [2.05, 4.69) is 13.8 Å². The maximum Gasteiger partial charge on any atom is 0.506 e. The highest BCUT2D eigenvalue weighted by molar-refractivity contribution is 5.57. The van der Waals surface area contributed by atoms with E-state index in [0.717, 1.165) is 32.1 Å². The molecule has 21 heavy (non-hydrogen) atoms. The van der Waals surface area contributed by atoms with Crippen LogP contribution in [0.2, 0.25) is 0 Å². The van der Waals surface area contributed by atoms with Crippen LogP contribution in [0.3, 0.4) is 0 Å². The molecule has 126 valence electrons. The Balaban J connectivity index is 3.42. The minimum absolute atomic E-state index is 0.0866.